The van der Waals surface area contributed by atoms with Gasteiger partial charge in [0.1, 0.15) is 19.5 Å². The molecule has 3 heterocycles. The number of phosphoric acid groups is 1. The van der Waals surface area contributed by atoms with Crippen LogP contribution in [0.5, 0.6) is 0 Å². The van der Waals surface area contributed by atoms with Crippen molar-refractivity contribution in [2.45, 2.75) is 26.2 Å². The summed E-state index contributed by atoms with van der Waals surface area (Å²) in [6, 6.07) is -0.225. The molecule has 3 rings (SSSR count). The Kier molecular flexibility index (Phi) is 8.42. The molecule has 11 nitrogen and oxygen atoms in total. The fourth-order valence-corrected chi connectivity index (χ4v) is 4.65. The second-order valence-corrected chi connectivity index (χ2v) is 13.0. The van der Waals surface area contributed by atoms with E-state index in [2.05, 4.69) is 20.3 Å². The van der Waals surface area contributed by atoms with Crippen LogP contribution in [0.2, 0.25) is 0 Å². The topological polar surface area (TPSA) is 136 Å². The summed E-state index contributed by atoms with van der Waals surface area (Å²) in [6.07, 6.45) is 1.25. The molecule has 31 heavy (non-hydrogen) atoms. The molecule has 1 aliphatic rings. The summed E-state index contributed by atoms with van der Waals surface area (Å²) in [7, 11) is -4.25. The first kappa shape index (κ1) is 25.7. The first-order valence-corrected chi connectivity index (χ1v) is 12.2. The van der Waals surface area contributed by atoms with Crippen LogP contribution >= 0.6 is 77.4 Å². The first-order valence-electron chi connectivity index (χ1n) is 8.45. The third-order valence-electron chi connectivity index (χ3n) is 3.89. The van der Waals surface area contributed by atoms with E-state index in [9.17, 15) is 4.57 Å². The van der Waals surface area contributed by atoms with E-state index in [-0.39, 0.29) is 25.1 Å². The highest BCUT2D eigenvalue weighted by Gasteiger charge is 2.37. The second-order valence-electron chi connectivity index (χ2n) is 6.33. The number of hydrogen-bond donors (Lipinski definition) is 1. The number of halogens is 6. The van der Waals surface area contributed by atoms with Crippen molar-refractivity contribution in [1.82, 2.24) is 25.0 Å². The Balaban J connectivity index is 1.62. The molecule has 0 saturated carbocycles. The maximum absolute atomic E-state index is 12.9. The van der Waals surface area contributed by atoms with Gasteiger partial charge in [-0.2, -0.15) is 0 Å². The van der Waals surface area contributed by atoms with Crippen LogP contribution in [0.1, 0.15) is 12.5 Å². The zero-order valence-electron chi connectivity index (χ0n) is 15.3. The molecule has 18 heteroatoms. The molecular formula is C13H15Cl6N6O5P. The summed E-state index contributed by atoms with van der Waals surface area (Å²) in [5.74, 6) is 0.216. The highest BCUT2D eigenvalue weighted by Crippen LogP contribution is 2.53. The van der Waals surface area contributed by atoms with Crippen molar-refractivity contribution in [2.75, 3.05) is 32.2 Å². The quantitative estimate of drug-likeness (QED) is 0.361. The maximum Gasteiger partial charge on any atom is 0.475 e. The summed E-state index contributed by atoms with van der Waals surface area (Å²) in [6.45, 7) is -1.09. The highest BCUT2D eigenvalue weighted by molar-refractivity contribution is 7.48. The van der Waals surface area contributed by atoms with Crippen LogP contribution in [-0.2, 0) is 22.9 Å². The van der Waals surface area contributed by atoms with Crippen molar-refractivity contribution in [1.29, 1.82) is 0 Å². The number of aromatic nitrogens is 5. The van der Waals surface area contributed by atoms with Gasteiger partial charge in [0.05, 0.1) is 25.4 Å². The number of alkyl halides is 6. The van der Waals surface area contributed by atoms with Gasteiger partial charge in [0.2, 0.25) is 7.59 Å². The number of hydrogen-bond acceptors (Lipinski definition) is 10. The molecular weight excluding hydrogens is 564 g/mol. The molecule has 0 unspecified atom stereocenters. The SMILES string of the molecule is Nc1ncnc2c1nnn2[C@H]1CO[C@@H](COP(=O)(OCC(Cl)(Cl)Cl)OCC(Cl)(Cl)Cl)C1. The average Bonchev–Trinajstić information content (AvgIpc) is 3.30. The lowest BCUT2D eigenvalue weighted by molar-refractivity contribution is 0.0393. The van der Waals surface area contributed by atoms with Crippen molar-refractivity contribution >= 4 is 94.4 Å². The molecule has 0 bridgehead atoms. The van der Waals surface area contributed by atoms with E-state index >= 15 is 0 Å². The lowest BCUT2D eigenvalue weighted by Crippen LogP contribution is -2.20. The van der Waals surface area contributed by atoms with E-state index in [1.165, 1.54) is 6.33 Å². The Labute approximate surface area is 206 Å². The Hall–Kier alpha value is 0.0900. The summed E-state index contributed by atoms with van der Waals surface area (Å²) in [5, 5.41) is 8.05. The van der Waals surface area contributed by atoms with E-state index in [4.69, 9.17) is 93.6 Å². The minimum Gasteiger partial charge on any atom is -0.382 e. The van der Waals surface area contributed by atoms with Gasteiger partial charge in [0.25, 0.3) is 0 Å². The van der Waals surface area contributed by atoms with Gasteiger partial charge < -0.3 is 10.5 Å². The van der Waals surface area contributed by atoms with Gasteiger partial charge in [-0.05, 0) is 0 Å². The predicted octanol–water partition coefficient (Wildman–Crippen LogP) is 4.03. The lowest BCUT2D eigenvalue weighted by atomic mass is 10.2. The van der Waals surface area contributed by atoms with Crippen LogP contribution in [0.15, 0.2) is 6.33 Å². The van der Waals surface area contributed by atoms with Crippen LogP contribution in [0.4, 0.5) is 5.82 Å². The Morgan fingerprint density at radius 2 is 1.77 bits per heavy atom. The Bertz CT molecular complexity index is 933. The number of nitrogen functional groups attached to an aromatic ring is 1. The number of nitrogens with zero attached hydrogens (tertiary/aromatic N) is 5. The molecule has 0 spiro atoms. The molecule has 0 aromatic carbocycles. The monoisotopic (exact) mass is 576 g/mol. The predicted molar refractivity (Wildman–Crippen MR) is 117 cm³/mol. The van der Waals surface area contributed by atoms with E-state index in [1.807, 2.05) is 0 Å². The normalized spacial score (nSPS) is 20.6. The molecule has 0 aliphatic carbocycles. The van der Waals surface area contributed by atoms with E-state index in [0.29, 0.717) is 17.6 Å². The fourth-order valence-electron chi connectivity index (χ4n) is 2.59. The minimum absolute atomic E-state index is 0.183. The van der Waals surface area contributed by atoms with E-state index in [0.717, 1.165) is 0 Å². The smallest absolute Gasteiger partial charge is 0.382 e. The van der Waals surface area contributed by atoms with Gasteiger partial charge >= 0.3 is 7.82 Å². The number of ether oxygens (including phenoxy) is 1. The maximum atomic E-state index is 12.9. The average molecular weight is 579 g/mol. The van der Waals surface area contributed by atoms with E-state index < -0.39 is 34.7 Å². The van der Waals surface area contributed by atoms with Crippen molar-refractivity contribution in [3.8, 4) is 0 Å². The molecule has 2 N–H and O–H groups in total. The number of phosphoric ester groups is 1. The molecule has 174 valence electrons. The van der Waals surface area contributed by atoms with Crippen molar-refractivity contribution < 1.29 is 22.9 Å². The van der Waals surface area contributed by atoms with Gasteiger partial charge in [-0.25, -0.2) is 19.2 Å². The third kappa shape index (κ3) is 7.55. The summed E-state index contributed by atoms with van der Waals surface area (Å²) < 4.78 is 31.8. The first-order chi connectivity index (χ1) is 14.4. The third-order valence-corrected chi connectivity index (χ3v) is 5.90. The van der Waals surface area contributed by atoms with E-state index in [1.54, 1.807) is 4.68 Å². The van der Waals surface area contributed by atoms with Crippen molar-refractivity contribution in [2.24, 2.45) is 0 Å². The van der Waals surface area contributed by atoms with Crippen molar-refractivity contribution in [3.05, 3.63) is 6.33 Å². The standard InChI is InChI=1S/C13H15Cl6N6O5P/c14-12(15,16)4-29-31(26,30-5-13(17,18)19)28-3-8-1-7(2-27-8)25-11-9(23-24-25)10(20)21-6-22-11/h6-8H,1-5H2,(H2,20,21,22)/t7-,8-/m1/s1. The van der Waals surface area contributed by atoms with Crippen molar-refractivity contribution in [3.63, 3.8) is 0 Å². The number of fused-ring (bicyclic) bond motifs is 1. The lowest BCUT2D eigenvalue weighted by Gasteiger charge is -2.23. The van der Waals surface area contributed by atoms with Gasteiger partial charge in [-0.15, -0.1) is 5.10 Å². The molecule has 0 radical (unpaired) electrons. The van der Waals surface area contributed by atoms with Gasteiger partial charge in [-0.3, -0.25) is 13.6 Å². The summed E-state index contributed by atoms with van der Waals surface area (Å²) in [4.78, 5) is 8.02. The highest BCUT2D eigenvalue weighted by atomic mass is 35.6. The number of rotatable bonds is 8. The Morgan fingerprint density at radius 3 is 2.39 bits per heavy atom. The Morgan fingerprint density at radius 1 is 1.13 bits per heavy atom. The van der Waals surface area contributed by atoms with Crippen LogP contribution < -0.4 is 5.73 Å². The molecule has 1 fully saturated rings. The van der Waals surface area contributed by atoms with Crippen LogP contribution in [0.25, 0.3) is 11.2 Å². The van der Waals surface area contributed by atoms with Crippen LogP contribution in [0, 0.1) is 0 Å². The summed E-state index contributed by atoms with van der Waals surface area (Å²) >= 11 is 33.8. The second kappa shape index (κ2) is 10.1. The molecule has 1 saturated heterocycles. The van der Waals surface area contributed by atoms with Gasteiger partial charge in [-0.1, -0.05) is 74.8 Å². The minimum atomic E-state index is -4.25. The molecule has 0 amide bonds. The number of nitrogens with two attached hydrogens (primary N) is 1. The molecule has 2 atom stereocenters. The largest absolute Gasteiger partial charge is 0.475 e. The zero-order valence-corrected chi connectivity index (χ0v) is 20.8. The summed E-state index contributed by atoms with van der Waals surface area (Å²) in [5.41, 5.74) is 6.62. The molecule has 2 aromatic heterocycles. The zero-order chi connectivity index (χ0) is 22.9. The van der Waals surface area contributed by atoms with Gasteiger partial charge in [0, 0.05) is 6.42 Å². The molecule has 1 aliphatic heterocycles. The van der Waals surface area contributed by atoms with Crippen LogP contribution in [0.3, 0.4) is 0 Å². The van der Waals surface area contributed by atoms with Gasteiger partial charge in [0.15, 0.2) is 17.0 Å². The molecule has 2 aromatic rings. The van der Waals surface area contributed by atoms with Crippen LogP contribution in [-0.4, -0.2) is 65.1 Å². The number of anilines is 1. The fraction of sp³-hybridized carbons (Fsp3) is 0.692.